The van der Waals surface area contributed by atoms with Gasteiger partial charge in [0.1, 0.15) is 30.0 Å². The van der Waals surface area contributed by atoms with Crippen LogP contribution in [-0.2, 0) is 9.59 Å². The van der Waals surface area contributed by atoms with Gasteiger partial charge >= 0.3 is 5.97 Å². The molecule has 0 aliphatic carbocycles. The number of hydrogen-bond donors (Lipinski definition) is 3. The summed E-state index contributed by atoms with van der Waals surface area (Å²) in [5, 5.41) is 14.7. The topological polar surface area (TPSA) is 114 Å². The van der Waals surface area contributed by atoms with E-state index in [1.807, 2.05) is 0 Å². The highest BCUT2D eigenvalue weighted by Crippen LogP contribution is 2.40. The number of hydrazine groups is 2. The maximum Gasteiger partial charge on any atom is 0.352 e. The Hall–Kier alpha value is -1.87. The summed E-state index contributed by atoms with van der Waals surface area (Å²) in [6, 6.07) is -0.622. The fraction of sp³-hybridized carbons (Fsp3) is 0.417. The molecular formula is C12H14N6O3S2. The third-order valence-electron chi connectivity index (χ3n) is 3.45. The molecule has 1 unspecified atom stereocenters. The smallest absolute Gasteiger partial charge is 0.352 e. The third-order valence-corrected chi connectivity index (χ3v) is 5.83. The van der Waals surface area contributed by atoms with Gasteiger partial charge in [0.15, 0.2) is 0 Å². The number of nitrogens with two attached hydrogens (primary N) is 1. The molecule has 122 valence electrons. The SMILES string of the molecule is C#CCN1N=CNN1SCC1=C(C(=O)O)N2C(=O)C(N)[C@@H]2SC1. The molecule has 3 heterocycles. The van der Waals surface area contributed by atoms with E-state index in [0.29, 0.717) is 17.1 Å². The van der Waals surface area contributed by atoms with Crippen LogP contribution in [0.2, 0.25) is 0 Å². The number of hydrazone groups is 1. The Balaban J connectivity index is 1.72. The number of aliphatic carboxylic acids is 1. The highest BCUT2D eigenvalue weighted by molar-refractivity contribution is 8.00. The summed E-state index contributed by atoms with van der Waals surface area (Å²) in [5.74, 6) is 1.92. The number of rotatable bonds is 5. The van der Waals surface area contributed by atoms with Crippen LogP contribution in [0.15, 0.2) is 16.4 Å². The fourth-order valence-electron chi connectivity index (χ4n) is 2.38. The van der Waals surface area contributed by atoms with Crippen LogP contribution in [-0.4, -0.2) is 67.3 Å². The number of carboxylic acids is 1. The number of fused-ring (bicyclic) bond motifs is 1. The van der Waals surface area contributed by atoms with E-state index in [1.165, 1.54) is 40.1 Å². The Kier molecular flexibility index (Phi) is 4.40. The summed E-state index contributed by atoms with van der Waals surface area (Å²) in [6.07, 6.45) is 6.75. The molecule has 2 atom stereocenters. The number of nitrogens with zero attached hydrogens (tertiary/aromatic N) is 4. The molecule has 11 heteroatoms. The first kappa shape index (κ1) is 16.0. The van der Waals surface area contributed by atoms with Gasteiger partial charge in [-0.05, 0) is 17.5 Å². The van der Waals surface area contributed by atoms with Crippen LogP contribution in [0.4, 0.5) is 0 Å². The van der Waals surface area contributed by atoms with Gasteiger partial charge in [-0.15, -0.1) is 23.3 Å². The molecule has 0 radical (unpaired) electrons. The molecule has 23 heavy (non-hydrogen) atoms. The molecule has 1 saturated heterocycles. The number of β-lactam (4-membered cyclic amide) rings is 1. The van der Waals surface area contributed by atoms with Crippen molar-refractivity contribution in [1.82, 2.24) is 20.0 Å². The summed E-state index contributed by atoms with van der Waals surface area (Å²) in [7, 11) is 0. The molecule has 9 nitrogen and oxygen atoms in total. The molecule has 0 aromatic heterocycles. The zero-order valence-corrected chi connectivity index (χ0v) is 13.5. The fourth-order valence-corrected chi connectivity index (χ4v) is 4.67. The Bertz CT molecular complexity index is 645. The molecule has 3 aliphatic heterocycles. The standard InChI is InChI=1S/C12H14N6O3S2/c1-2-3-16-14-6-15-18(16)23-5-7-4-22-11-8(13)10(19)17(11)9(7)12(20)21/h1,6,8,11H,3-5,13H2,(H,14,15)(H,20,21)/t8?,11-/m0/s1. The van der Waals surface area contributed by atoms with Crippen LogP contribution in [0.3, 0.4) is 0 Å². The van der Waals surface area contributed by atoms with E-state index in [2.05, 4.69) is 16.4 Å². The summed E-state index contributed by atoms with van der Waals surface area (Å²) in [4.78, 5) is 24.7. The van der Waals surface area contributed by atoms with Crippen molar-refractivity contribution in [2.24, 2.45) is 10.8 Å². The zero-order valence-electron chi connectivity index (χ0n) is 11.9. The minimum atomic E-state index is -1.11. The second-order valence-corrected chi connectivity index (χ2v) is 6.85. The van der Waals surface area contributed by atoms with Crippen molar-refractivity contribution in [3.63, 3.8) is 0 Å². The minimum absolute atomic E-state index is 0.0385. The molecule has 0 aromatic carbocycles. The van der Waals surface area contributed by atoms with E-state index in [9.17, 15) is 14.7 Å². The predicted molar refractivity (Wildman–Crippen MR) is 87.2 cm³/mol. The van der Waals surface area contributed by atoms with Gasteiger partial charge in [0.2, 0.25) is 5.91 Å². The Morgan fingerprint density at radius 2 is 2.48 bits per heavy atom. The number of amides is 1. The van der Waals surface area contributed by atoms with Crippen molar-refractivity contribution >= 4 is 41.9 Å². The first-order valence-electron chi connectivity index (χ1n) is 6.62. The number of carboxylic acid groups (broad SMARTS) is 1. The van der Waals surface area contributed by atoms with E-state index < -0.39 is 12.0 Å². The summed E-state index contributed by atoms with van der Waals surface area (Å²) in [6.45, 7) is 0.289. The number of carbonyl (C=O) groups excluding carboxylic acids is 1. The Morgan fingerprint density at radius 1 is 1.70 bits per heavy atom. The first-order valence-corrected chi connectivity index (χ1v) is 8.62. The normalized spacial score (nSPS) is 26.7. The number of terminal acetylenes is 1. The van der Waals surface area contributed by atoms with Gasteiger partial charge in [0, 0.05) is 11.5 Å². The molecule has 1 amide bonds. The van der Waals surface area contributed by atoms with Gasteiger partial charge in [0.25, 0.3) is 0 Å². The lowest BCUT2D eigenvalue weighted by Crippen LogP contribution is -2.68. The summed E-state index contributed by atoms with van der Waals surface area (Å²) in [5.41, 5.74) is 9.30. The van der Waals surface area contributed by atoms with Crippen molar-refractivity contribution in [3.05, 3.63) is 11.3 Å². The van der Waals surface area contributed by atoms with Crippen molar-refractivity contribution in [3.8, 4) is 12.3 Å². The Morgan fingerprint density at radius 3 is 3.17 bits per heavy atom. The number of thioether (sulfide) groups is 1. The molecule has 1 fully saturated rings. The van der Waals surface area contributed by atoms with Gasteiger partial charge in [0.05, 0.1) is 0 Å². The van der Waals surface area contributed by atoms with Crippen molar-refractivity contribution in [2.75, 3.05) is 18.1 Å². The second-order valence-electron chi connectivity index (χ2n) is 4.85. The minimum Gasteiger partial charge on any atom is -0.477 e. The molecule has 0 spiro atoms. The first-order chi connectivity index (χ1) is 11.0. The van der Waals surface area contributed by atoms with Crippen molar-refractivity contribution in [2.45, 2.75) is 11.4 Å². The lowest BCUT2D eigenvalue weighted by Gasteiger charge is -2.48. The molecule has 0 aromatic rings. The summed E-state index contributed by atoms with van der Waals surface area (Å²) < 4.78 is 1.62. The van der Waals surface area contributed by atoms with Gasteiger partial charge in [-0.3, -0.25) is 15.1 Å². The number of nitrogens with one attached hydrogen (secondary N) is 1. The van der Waals surface area contributed by atoms with Gasteiger partial charge in [-0.2, -0.15) is 5.12 Å². The number of hydrogen-bond acceptors (Lipinski definition) is 9. The average molecular weight is 354 g/mol. The predicted octanol–water partition coefficient (Wildman–Crippen LogP) is -1.17. The van der Waals surface area contributed by atoms with E-state index >= 15 is 0 Å². The van der Waals surface area contributed by atoms with Crippen LogP contribution in [0.25, 0.3) is 0 Å². The van der Waals surface area contributed by atoms with Crippen molar-refractivity contribution in [1.29, 1.82) is 0 Å². The molecule has 3 aliphatic rings. The van der Waals surface area contributed by atoms with Gasteiger partial charge in [-0.25, -0.2) is 4.79 Å². The van der Waals surface area contributed by atoms with Gasteiger partial charge < -0.3 is 10.8 Å². The lowest BCUT2D eigenvalue weighted by molar-refractivity contribution is -0.147. The second kappa shape index (κ2) is 6.32. The van der Waals surface area contributed by atoms with Crippen LogP contribution in [0.1, 0.15) is 0 Å². The molecular weight excluding hydrogens is 340 g/mol. The average Bonchev–Trinajstić information content (AvgIpc) is 2.98. The van der Waals surface area contributed by atoms with Crippen LogP contribution < -0.4 is 11.2 Å². The monoisotopic (exact) mass is 354 g/mol. The van der Waals surface area contributed by atoms with E-state index in [-0.39, 0.29) is 23.5 Å². The molecule has 4 N–H and O–H groups in total. The van der Waals surface area contributed by atoms with E-state index in [4.69, 9.17) is 12.2 Å². The van der Waals surface area contributed by atoms with E-state index in [1.54, 1.807) is 4.52 Å². The zero-order chi connectivity index (χ0) is 16.6. The van der Waals surface area contributed by atoms with Gasteiger partial charge in [-0.1, -0.05) is 10.4 Å². The quantitative estimate of drug-likeness (QED) is 0.319. The molecule has 0 saturated carbocycles. The van der Waals surface area contributed by atoms with Crippen molar-refractivity contribution < 1.29 is 14.7 Å². The van der Waals surface area contributed by atoms with E-state index in [0.717, 1.165) is 0 Å². The maximum absolute atomic E-state index is 11.9. The highest BCUT2D eigenvalue weighted by Gasteiger charge is 2.51. The largest absolute Gasteiger partial charge is 0.477 e. The Labute approximate surface area is 141 Å². The lowest BCUT2D eigenvalue weighted by atomic mass is 10.0. The van der Waals surface area contributed by atoms with Crippen LogP contribution in [0, 0.1) is 12.3 Å². The van der Waals surface area contributed by atoms with Crippen LogP contribution >= 0.6 is 23.7 Å². The highest BCUT2D eigenvalue weighted by atomic mass is 32.2. The molecule has 0 bridgehead atoms. The number of carbonyl (C=O) groups is 2. The van der Waals surface area contributed by atoms with Crippen LogP contribution in [0.5, 0.6) is 0 Å². The molecule has 3 rings (SSSR count). The third kappa shape index (κ3) is 2.74. The summed E-state index contributed by atoms with van der Waals surface area (Å²) >= 11 is 2.79. The maximum atomic E-state index is 11.9.